The van der Waals surface area contributed by atoms with E-state index < -0.39 is 15.9 Å². The van der Waals surface area contributed by atoms with Gasteiger partial charge in [-0.25, -0.2) is 8.42 Å². The number of rotatable bonds is 13. The molecule has 3 aromatic rings. The number of sulfonamides is 1. The van der Waals surface area contributed by atoms with Crippen LogP contribution in [0.4, 0.5) is 11.4 Å². The Hall–Kier alpha value is -2.74. The summed E-state index contributed by atoms with van der Waals surface area (Å²) in [5.74, 6) is -0.0613. The van der Waals surface area contributed by atoms with Crippen LogP contribution < -0.4 is 14.4 Å². The average molecular weight is 564 g/mol. The van der Waals surface area contributed by atoms with Gasteiger partial charge in [0.25, 0.3) is 15.9 Å². The molecule has 0 aliphatic heterocycles. The Morgan fingerprint density at radius 2 is 1.51 bits per heavy atom. The van der Waals surface area contributed by atoms with Gasteiger partial charge in [-0.05, 0) is 61.9 Å². The molecule has 198 valence electrons. The van der Waals surface area contributed by atoms with E-state index in [0.29, 0.717) is 23.7 Å². The van der Waals surface area contributed by atoms with Gasteiger partial charge in [0.15, 0.2) is 5.75 Å². The summed E-state index contributed by atoms with van der Waals surface area (Å²) in [5, 5.41) is 3.27. The molecule has 0 aliphatic carbocycles. The van der Waals surface area contributed by atoms with Gasteiger partial charge in [0, 0.05) is 17.8 Å². The Kier molecular flexibility index (Phi) is 10.7. The predicted molar refractivity (Wildman–Crippen MR) is 152 cm³/mol. The van der Waals surface area contributed by atoms with Crippen molar-refractivity contribution < 1.29 is 17.9 Å². The highest BCUT2D eigenvalue weighted by Crippen LogP contribution is 2.35. The highest BCUT2D eigenvalue weighted by Gasteiger charge is 2.23. The molecular weight excluding hydrogens is 531 g/mol. The van der Waals surface area contributed by atoms with Gasteiger partial charge >= 0.3 is 0 Å². The van der Waals surface area contributed by atoms with Crippen LogP contribution in [0.5, 0.6) is 5.75 Å². The SMILES string of the molecule is CCCCCCCOc1c(Cl)cc(C(=O)Nc2ccc(S(=O)(=O)N(CC)c3ccccc3)cc2)cc1Cl. The van der Waals surface area contributed by atoms with Gasteiger partial charge in [-0.2, -0.15) is 0 Å². The van der Waals surface area contributed by atoms with E-state index in [2.05, 4.69) is 12.2 Å². The molecule has 0 spiro atoms. The molecule has 3 rings (SSSR count). The second kappa shape index (κ2) is 13.7. The summed E-state index contributed by atoms with van der Waals surface area (Å²) in [6, 6.07) is 17.9. The van der Waals surface area contributed by atoms with E-state index in [1.807, 2.05) is 6.07 Å². The Morgan fingerprint density at radius 1 is 0.892 bits per heavy atom. The van der Waals surface area contributed by atoms with Crippen LogP contribution in [0.3, 0.4) is 0 Å². The molecule has 1 N–H and O–H groups in total. The molecule has 0 atom stereocenters. The summed E-state index contributed by atoms with van der Waals surface area (Å²) in [5.41, 5.74) is 1.29. The second-order valence-electron chi connectivity index (χ2n) is 8.52. The van der Waals surface area contributed by atoms with E-state index >= 15 is 0 Å². The summed E-state index contributed by atoms with van der Waals surface area (Å²) in [6.45, 7) is 4.73. The van der Waals surface area contributed by atoms with Crippen LogP contribution in [0.2, 0.25) is 10.0 Å². The fourth-order valence-electron chi connectivity index (χ4n) is 3.84. The summed E-state index contributed by atoms with van der Waals surface area (Å²) in [7, 11) is -3.76. The van der Waals surface area contributed by atoms with Crippen molar-refractivity contribution in [2.45, 2.75) is 50.8 Å². The standard InChI is InChI=1S/C28H32Cl2N2O4S/c1-3-5-6-7-11-18-36-27-25(29)19-21(20-26(27)30)28(33)31-22-14-16-24(17-15-22)37(34,35)32(4-2)23-12-9-8-10-13-23/h8-10,12-17,19-20H,3-7,11,18H2,1-2H3,(H,31,33). The van der Waals surface area contributed by atoms with Crippen LogP contribution in [0.25, 0.3) is 0 Å². The third kappa shape index (κ3) is 7.63. The van der Waals surface area contributed by atoms with Gasteiger partial charge < -0.3 is 10.1 Å². The van der Waals surface area contributed by atoms with Crippen LogP contribution in [0.1, 0.15) is 56.3 Å². The Morgan fingerprint density at radius 3 is 2.11 bits per heavy atom. The van der Waals surface area contributed by atoms with Crippen LogP contribution in [-0.2, 0) is 10.0 Å². The molecule has 0 saturated carbocycles. The molecule has 37 heavy (non-hydrogen) atoms. The van der Waals surface area contributed by atoms with E-state index in [1.165, 1.54) is 41.4 Å². The molecule has 1 amide bonds. The number of carbonyl (C=O) groups is 1. The van der Waals surface area contributed by atoms with E-state index in [0.717, 1.165) is 19.3 Å². The zero-order chi connectivity index (χ0) is 26.8. The van der Waals surface area contributed by atoms with Crippen molar-refractivity contribution in [3.8, 4) is 5.75 Å². The van der Waals surface area contributed by atoms with Gasteiger partial charge in [0.05, 0.1) is 27.2 Å². The maximum atomic E-state index is 13.2. The fraction of sp³-hybridized carbons (Fsp3) is 0.321. The maximum absolute atomic E-state index is 13.2. The number of unbranched alkanes of at least 4 members (excludes halogenated alkanes) is 4. The zero-order valence-corrected chi connectivity index (χ0v) is 23.4. The molecule has 0 radical (unpaired) electrons. The topological polar surface area (TPSA) is 75.7 Å². The lowest BCUT2D eigenvalue weighted by atomic mass is 10.1. The Bertz CT molecular complexity index is 1260. The lowest BCUT2D eigenvalue weighted by Gasteiger charge is -2.23. The summed E-state index contributed by atoms with van der Waals surface area (Å²) < 4.78 is 33.4. The van der Waals surface area contributed by atoms with E-state index in [9.17, 15) is 13.2 Å². The number of hydrogen-bond donors (Lipinski definition) is 1. The van der Waals surface area contributed by atoms with Crippen molar-refractivity contribution in [1.82, 2.24) is 0 Å². The molecule has 0 unspecified atom stereocenters. The Balaban J connectivity index is 1.66. The van der Waals surface area contributed by atoms with E-state index in [1.54, 1.807) is 43.3 Å². The number of nitrogens with zero attached hydrogens (tertiary/aromatic N) is 1. The molecule has 6 nitrogen and oxygen atoms in total. The van der Waals surface area contributed by atoms with Crippen LogP contribution in [0, 0.1) is 0 Å². The minimum absolute atomic E-state index is 0.124. The molecule has 0 fully saturated rings. The molecule has 0 aromatic heterocycles. The molecule has 3 aromatic carbocycles. The van der Waals surface area contributed by atoms with Gasteiger partial charge in [-0.1, -0.05) is 74.0 Å². The van der Waals surface area contributed by atoms with Crippen molar-refractivity contribution in [3.05, 3.63) is 82.3 Å². The lowest BCUT2D eigenvalue weighted by Crippen LogP contribution is -2.30. The van der Waals surface area contributed by atoms with Gasteiger partial charge in [-0.15, -0.1) is 0 Å². The first-order valence-corrected chi connectivity index (χ1v) is 14.6. The van der Waals surface area contributed by atoms with E-state index in [4.69, 9.17) is 27.9 Å². The quantitative estimate of drug-likeness (QED) is 0.215. The first kappa shape index (κ1) is 28.8. The number of ether oxygens (including phenoxy) is 1. The molecule has 0 aliphatic rings. The number of halogens is 2. The first-order chi connectivity index (χ1) is 17.8. The van der Waals surface area contributed by atoms with Crippen molar-refractivity contribution in [2.75, 3.05) is 22.8 Å². The number of benzene rings is 3. The summed E-state index contributed by atoms with van der Waals surface area (Å²) in [6.07, 6.45) is 5.53. The number of hydrogen-bond acceptors (Lipinski definition) is 4. The molecule has 0 bridgehead atoms. The highest BCUT2D eigenvalue weighted by atomic mass is 35.5. The van der Waals surface area contributed by atoms with Crippen molar-refractivity contribution in [3.63, 3.8) is 0 Å². The number of carbonyl (C=O) groups excluding carboxylic acids is 1. The van der Waals surface area contributed by atoms with Gasteiger partial charge in [-0.3, -0.25) is 9.10 Å². The Labute approximate surface area is 229 Å². The molecule has 9 heteroatoms. The summed E-state index contributed by atoms with van der Waals surface area (Å²) in [4.78, 5) is 12.9. The van der Waals surface area contributed by atoms with E-state index in [-0.39, 0.29) is 27.0 Å². The zero-order valence-electron chi connectivity index (χ0n) is 21.0. The highest BCUT2D eigenvalue weighted by molar-refractivity contribution is 7.92. The minimum atomic E-state index is -3.76. The minimum Gasteiger partial charge on any atom is -0.490 e. The number of para-hydroxylation sites is 1. The van der Waals surface area contributed by atoms with Gasteiger partial charge in [0.2, 0.25) is 0 Å². The monoisotopic (exact) mass is 562 g/mol. The largest absolute Gasteiger partial charge is 0.490 e. The molecule has 0 heterocycles. The normalized spacial score (nSPS) is 11.2. The first-order valence-electron chi connectivity index (χ1n) is 12.4. The number of nitrogens with one attached hydrogen (secondary N) is 1. The van der Waals surface area contributed by atoms with Crippen molar-refractivity contribution >= 4 is 50.5 Å². The third-order valence-corrected chi connectivity index (χ3v) is 8.27. The summed E-state index contributed by atoms with van der Waals surface area (Å²) >= 11 is 12.7. The van der Waals surface area contributed by atoms with Crippen LogP contribution >= 0.6 is 23.2 Å². The van der Waals surface area contributed by atoms with Crippen molar-refractivity contribution in [2.24, 2.45) is 0 Å². The van der Waals surface area contributed by atoms with Gasteiger partial charge in [0.1, 0.15) is 0 Å². The predicted octanol–water partition coefficient (Wildman–Crippen LogP) is 7.81. The van der Waals surface area contributed by atoms with Crippen LogP contribution in [-0.4, -0.2) is 27.5 Å². The second-order valence-corrected chi connectivity index (χ2v) is 11.2. The third-order valence-electron chi connectivity index (χ3n) is 5.79. The van der Waals surface area contributed by atoms with Crippen molar-refractivity contribution in [1.29, 1.82) is 0 Å². The fourth-order valence-corrected chi connectivity index (χ4v) is 5.90. The molecular formula is C28H32Cl2N2O4S. The molecule has 0 saturated heterocycles. The average Bonchev–Trinajstić information content (AvgIpc) is 2.88. The lowest BCUT2D eigenvalue weighted by molar-refractivity contribution is 0.102. The maximum Gasteiger partial charge on any atom is 0.264 e. The smallest absolute Gasteiger partial charge is 0.264 e. The van der Waals surface area contributed by atoms with Crippen LogP contribution in [0.15, 0.2) is 71.6 Å². The number of anilines is 2. The number of amides is 1.